The van der Waals surface area contributed by atoms with Gasteiger partial charge >= 0.3 is 0 Å². The molecule has 14 heavy (non-hydrogen) atoms. The van der Waals surface area contributed by atoms with Crippen LogP contribution in [0.1, 0.15) is 12.0 Å². The number of hydrogen-bond acceptors (Lipinski definition) is 3. The van der Waals surface area contributed by atoms with Crippen molar-refractivity contribution in [1.29, 1.82) is 0 Å². The topological polar surface area (TPSA) is 54.4 Å². The van der Waals surface area contributed by atoms with Crippen LogP contribution < -0.4 is 0 Å². The summed E-state index contributed by atoms with van der Waals surface area (Å²) in [6.07, 6.45) is 0.288. The van der Waals surface area contributed by atoms with E-state index in [-0.39, 0.29) is 18.8 Å². The van der Waals surface area contributed by atoms with Gasteiger partial charge in [-0.25, -0.2) is 8.42 Å². The van der Waals surface area contributed by atoms with Crippen molar-refractivity contribution in [2.45, 2.75) is 18.2 Å². The zero-order valence-corrected chi connectivity index (χ0v) is 8.92. The lowest BCUT2D eigenvalue weighted by molar-refractivity contribution is 0.295. The Morgan fingerprint density at radius 1 is 1.21 bits per heavy atom. The maximum atomic E-state index is 11.6. The summed E-state index contributed by atoms with van der Waals surface area (Å²) in [4.78, 5) is 0.330. The fourth-order valence-electron chi connectivity index (χ4n) is 1.12. The molecule has 0 aliphatic carbocycles. The summed E-state index contributed by atoms with van der Waals surface area (Å²) in [5, 5.41) is 8.56. The number of rotatable bonds is 4. The number of hydrogen-bond donors (Lipinski definition) is 1. The second kappa shape index (κ2) is 4.57. The summed E-state index contributed by atoms with van der Waals surface area (Å²) in [7, 11) is -3.20. The van der Waals surface area contributed by atoms with Crippen molar-refractivity contribution >= 4 is 9.84 Å². The summed E-state index contributed by atoms with van der Waals surface area (Å²) in [6, 6.07) is 6.74. The molecular weight excluding hydrogens is 200 g/mol. The number of sulfone groups is 1. The van der Waals surface area contributed by atoms with E-state index >= 15 is 0 Å². The lowest BCUT2D eigenvalue weighted by Crippen LogP contribution is -2.08. The zero-order valence-electron chi connectivity index (χ0n) is 8.10. The predicted octanol–water partition coefficient (Wildman–Crippen LogP) is 1.15. The van der Waals surface area contributed by atoms with Crippen LogP contribution in [0.3, 0.4) is 0 Å². The van der Waals surface area contributed by atoms with Gasteiger partial charge in [0.05, 0.1) is 10.6 Å². The average molecular weight is 214 g/mol. The minimum atomic E-state index is -3.20. The highest BCUT2D eigenvalue weighted by atomic mass is 32.2. The molecule has 0 radical (unpaired) electrons. The van der Waals surface area contributed by atoms with Crippen molar-refractivity contribution in [2.75, 3.05) is 12.4 Å². The van der Waals surface area contributed by atoms with Gasteiger partial charge in [-0.2, -0.15) is 0 Å². The van der Waals surface area contributed by atoms with Gasteiger partial charge in [-0.1, -0.05) is 17.7 Å². The van der Waals surface area contributed by atoms with Crippen LogP contribution in [0.25, 0.3) is 0 Å². The number of aliphatic hydroxyl groups is 1. The Hall–Kier alpha value is -0.870. The lowest BCUT2D eigenvalue weighted by atomic mass is 10.2. The van der Waals surface area contributed by atoms with Gasteiger partial charge in [0, 0.05) is 6.61 Å². The maximum absolute atomic E-state index is 11.6. The average Bonchev–Trinajstić information content (AvgIpc) is 2.16. The Bertz CT molecular complexity index is 378. The van der Waals surface area contributed by atoms with Gasteiger partial charge in [-0.3, -0.25) is 0 Å². The van der Waals surface area contributed by atoms with Gasteiger partial charge in [0.25, 0.3) is 0 Å². The van der Waals surface area contributed by atoms with Crippen LogP contribution in [0.5, 0.6) is 0 Å². The fourth-order valence-corrected chi connectivity index (χ4v) is 2.41. The second-order valence-corrected chi connectivity index (χ2v) is 5.32. The Balaban J connectivity index is 2.87. The van der Waals surface area contributed by atoms with E-state index in [9.17, 15) is 8.42 Å². The van der Waals surface area contributed by atoms with Crippen molar-refractivity contribution in [3.63, 3.8) is 0 Å². The lowest BCUT2D eigenvalue weighted by Gasteiger charge is -2.03. The standard InChI is InChI=1S/C10H14O3S/c1-9-3-5-10(6-4-9)14(12,13)8-2-7-11/h3-6,11H,2,7-8H2,1H3. The molecule has 4 heteroatoms. The molecule has 3 nitrogen and oxygen atoms in total. The van der Waals surface area contributed by atoms with E-state index in [1.807, 2.05) is 6.92 Å². The Morgan fingerprint density at radius 3 is 2.29 bits per heavy atom. The van der Waals surface area contributed by atoms with Gasteiger partial charge in [0.2, 0.25) is 0 Å². The largest absolute Gasteiger partial charge is 0.396 e. The minimum Gasteiger partial charge on any atom is -0.396 e. The SMILES string of the molecule is Cc1ccc(S(=O)(=O)CCCO)cc1. The summed E-state index contributed by atoms with van der Waals surface area (Å²) in [5.41, 5.74) is 1.03. The van der Waals surface area contributed by atoms with Gasteiger partial charge in [-0.05, 0) is 25.5 Å². The zero-order chi connectivity index (χ0) is 10.6. The van der Waals surface area contributed by atoms with Crippen LogP contribution in [0.4, 0.5) is 0 Å². The molecule has 0 spiro atoms. The third kappa shape index (κ3) is 2.82. The van der Waals surface area contributed by atoms with E-state index in [2.05, 4.69) is 0 Å². The van der Waals surface area contributed by atoms with Gasteiger partial charge in [-0.15, -0.1) is 0 Å². The van der Waals surface area contributed by atoms with Crippen molar-refractivity contribution in [3.05, 3.63) is 29.8 Å². The molecule has 0 amide bonds. The minimum absolute atomic E-state index is 0.00651. The third-order valence-corrected chi connectivity index (χ3v) is 3.77. The molecule has 0 saturated heterocycles. The molecule has 0 fully saturated rings. The first-order chi connectivity index (χ1) is 6.56. The van der Waals surface area contributed by atoms with Crippen LogP contribution in [0.15, 0.2) is 29.2 Å². The third-order valence-electron chi connectivity index (χ3n) is 1.95. The van der Waals surface area contributed by atoms with Crippen molar-refractivity contribution in [2.24, 2.45) is 0 Å². The van der Waals surface area contributed by atoms with Crippen molar-refractivity contribution in [1.82, 2.24) is 0 Å². The molecule has 0 aliphatic heterocycles. The molecule has 1 rings (SSSR count). The Kier molecular flexibility index (Phi) is 3.66. The van der Waals surface area contributed by atoms with E-state index < -0.39 is 9.84 Å². The number of aliphatic hydroxyl groups excluding tert-OH is 1. The molecule has 1 N–H and O–H groups in total. The molecule has 0 bridgehead atoms. The van der Waals surface area contributed by atoms with Gasteiger partial charge in [0.15, 0.2) is 9.84 Å². The monoisotopic (exact) mass is 214 g/mol. The molecule has 0 heterocycles. The molecule has 0 atom stereocenters. The fraction of sp³-hybridized carbons (Fsp3) is 0.400. The van der Waals surface area contributed by atoms with Crippen molar-refractivity contribution < 1.29 is 13.5 Å². The van der Waals surface area contributed by atoms with Crippen LogP contribution in [-0.2, 0) is 9.84 Å². The predicted molar refractivity (Wildman–Crippen MR) is 54.9 cm³/mol. The normalized spacial score (nSPS) is 11.6. The summed E-state index contributed by atoms with van der Waals surface area (Å²) < 4.78 is 23.2. The Morgan fingerprint density at radius 2 is 1.79 bits per heavy atom. The highest BCUT2D eigenvalue weighted by Crippen LogP contribution is 2.12. The quantitative estimate of drug-likeness (QED) is 0.818. The molecular formula is C10H14O3S. The van der Waals surface area contributed by atoms with Crippen LogP contribution in [0, 0.1) is 6.92 Å². The van der Waals surface area contributed by atoms with Crippen molar-refractivity contribution in [3.8, 4) is 0 Å². The maximum Gasteiger partial charge on any atom is 0.178 e. The van der Waals surface area contributed by atoms with Crippen LogP contribution in [0.2, 0.25) is 0 Å². The van der Waals surface area contributed by atoms with E-state index in [0.717, 1.165) is 5.56 Å². The first-order valence-electron chi connectivity index (χ1n) is 4.46. The molecule has 0 unspecified atom stereocenters. The van der Waals surface area contributed by atoms with E-state index in [1.165, 1.54) is 0 Å². The van der Waals surface area contributed by atoms with Gasteiger partial charge in [0.1, 0.15) is 0 Å². The molecule has 0 aromatic heterocycles. The summed E-state index contributed by atoms with van der Waals surface area (Å²) in [6.45, 7) is 1.81. The molecule has 0 saturated carbocycles. The molecule has 78 valence electrons. The van der Waals surface area contributed by atoms with Crippen LogP contribution >= 0.6 is 0 Å². The van der Waals surface area contributed by atoms with E-state index in [4.69, 9.17) is 5.11 Å². The first kappa shape index (κ1) is 11.2. The second-order valence-electron chi connectivity index (χ2n) is 3.21. The van der Waals surface area contributed by atoms with Gasteiger partial charge < -0.3 is 5.11 Å². The highest BCUT2D eigenvalue weighted by Gasteiger charge is 2.12. The smallest absolute Gasteiger partial charge is 0.178 e. The Labute approximate surface area is 84.3 Å². The summed E-state index contributed by atoms with van der Waals surface area (Å²) in [5.74, 6) is 0.00651. The van der Waals surface area contributed by atoms with E-state index in [1.54, 1.807) is 24.3 Å². The molecule has 1 aromatic rings. The highest BCUT2D eigenvalue weighted by molar-refractivity contribution is 7.91. The van der Waals surface area contributed by atoms with E-state index in [0.29, 0.717) is 4.90 Å². The number of aryl methyl sites for hydroxylation is 1. The molecule has 1 aromatic carbocycles. The molecule has 0 aliphatic rings. The van der Waals surface area contributed by atoms with Crippen LogP contribution in [-0.4, -0.2) is 25.9 Å². The first-order valence-corrected chi connectivity index (χ1v) is 6.12. The number of benzene rings is 1. The summed E-state index contributed by atoms with van der Waals surface area (Å²) >= 11 is 0.